The molecule has 7 nitrogen and oxygen atoms in total. The van der Waals surface area contributed by atoms with Crippen molar-refractivity contribution >= 4 is 23.2 Å². The van der Waals surface area contributed by atoms with E-state index >= 15 is 0 Å². The number of carbonyl (C=O) groups excluding carboxylic acids is 1. The summed E-state index contributed by atoms with van der Waals surface area (Å²) in [5.41, 5.74) is 0.509. The van der Waals surface area contributed by atoms with Gasteiger partial charge in [-0.05, 0) is 32.2 Å². The van der Waals surface area contributed by atoms with Gasteiger partial charge in [-0.1, -0.05) is 6.07 Å². The zero-order valence-electron chi connectivity index (χ0n) is 14.3. The molecule has 0 spiro atoms. The van der Waals surface area contributed by atoms with Crippen LogP contribution in [0.15, 0.2) is 33.2 Å². The molecule has 0 unspecified atom stereocenters. The Labute approximate surface area is 145 Å². The van der Waals surface area contributed by atoms with Gasteiger partial charge < -0.3 is 20.4 Å². The average Bonchev–Trinajstić information content (AvgIpc) is 3.16. The number of aromatic nitrogens is 1. The Morgan fingerprint density at radius 2 is 2.17 bits per heavy atom. The van der Waals surface area contributed by atoms with Crippen molar-refractivity contribution in [2.24, 2.45) is 4.99 Å². The lowest BCUT2D eigenvalue weighted by atomic mass is 10.1. The third-order valence-electron chi connectivity index (χ3n) is 2.88. The van der Waals surface area contributed by atoms with E-state index in [2.05, 4.69) is 25.9 Å². The fraction of sp³-hybridized carbons (Fsp3) is 0.438. The van der Waals surface area contributed by atoms with Crippen LogP contribution in [0.3, 0.4) is 0 Å². The molecule has 2 aromatic heterocycles. The van der Waals surface area contributed by atoms with Crippen LogP contribution >= 0.6 is 11.3 Å². The highest BCUT2D eigenvalue weighted by molar-refractivity contribution is 7.13. The van der Waals surface area contributed by atoms with Crippen LogP contribution in [0.4, 0.5) is 0 Å². The largest absolute Gasteiger partial charge is 0.443 e. The van der Waals surface area contributed by atoms with Gasteiger partial charge in [-0.3, -0.25) is 9.79 Å². The smallest absolute Gasteiger partial charge is 0.239 e. The molecular formula is C16H23N5O2S. The minimum Gasteiger partial charge on any atom is -0.443 e. The predicted octanol–water partition coefficient (Wildman–Crippen LogP) is 1.98. The zero-order valence-corrected chi connectivity index (χ0v) is 15.2. The quantitative estimate of drug-likeness (QED) is 0.567. The van der Waals surface area contributed by atoms with Gasteiger partial charge in [0, 0.05) is 12.6 Å². The van der Waals surface area contributed by atoms with Crippen LogP contribution in [0.2, 0.25) is 0 Å². The lowest BCUT2D eigenvalue weighted by molar-refractivity contribution is -0.121. The van der Waals surface area contributed by atoms with Crippen molar-refractivity contribution in [1.29, 1.82) is 0 Å². The molecule has 0 bridgehead atoms. The summed E-state index contributed by atoms with van der Waals surface area (Å²) in [5.74, 6) is 1.04. The zero-order chi connectivity index (χ0) is 17.6. The Bertz CT molecular complexity index is 686. The van der Waals surface area contributed by atoms with Crippen molar-refractivity contribution in [2.75, 3.05) is 13.6 Å². The van der Waals surface area contributed by atoms with Gasteiger partial charge >= 0.3 is 0 Å². The van der Waals surface area contributed by atoms with E-state index in [0.29, 0.717) is 18.4 Å². The maximum Gasteiger partial charge on any atom is 0.239 e. The first-order valence-electron chi connectivity index (χ1n) is 7.61. The molecule has 0 saturated carbocycles. The SMILES string of the molecule is CN=C(NCC(=O)NC(C)(C)C)NCc1coc(-c2cccs2)n1. The maximum atomic E-state index is 11.8. The number of oxazole rings is 1. The summed E-state index contributed by atoms with van der Waals surface area (Å²) < 4.78 is 5.46. The second-order valence-corrected chi connectivity index (χ2v) is 7.15. The van der Waals surface area contributed by atoms with Gasteiger partial charge in [-0.2, -0.15) is 0 Å². The number of amides is 1. The number of aliphatic imine (C=N–C) groups is 1. The van der Waals surface area contributed by atoms with E-state index in [1.807, 2.05) is 38.3 Å². The van der Waals surface area contributed by atoms with Gasteiger partial charge in [0.25, 0.3) is 0 Å². The molecule has 2 rings (SSSR count). The maximum absolute atomic E-state index is 11.8. The van der Waals surface area contributed by atoms with E-state index in [9.17, 15) is 4.79 Å². The summed E-state index contributed by atoms with van der Waals surface area (Å²) in [7, 11) is 1.65. The highest BCUT2D eigenvalue weighted by Crippen LogP contribution is 2.23. The standard InChI is InChI=1S/C16H23N5O2S/c1-16(2,3)21-13(22)9-19-15(17-4)18-8-11-10-23-14(20-11)12-6-5-7-24-12/h5-7,10H,8-9H2,1-4H3,(H,21,22)(H2,17,18,19). The Balaban J connectivity index is 1.81. The third-order valence-corrected chi connectivity index (χ3v) is 3.73. The number of hydrogen-bond donors (Lipinski definition) is 3. The van der Waals surface area contributed by atoms with E-state index in [4.69, 9.17) is 4.42 Å². The van der Waals surface area contributed by atoms with E-state index in [-0.39, 0.29) is 18.0 Å². The summed E-state index contributed by atoms with van der Waals surface area (Å²) in [6.45, 7) is 6.42. The molecule has 0 aromatic carbocycles. The molecular weight excluding hydrogens is 326 g/mol. The van der Waals surface area contributed by atoms with E-state index in [0.717, 1.165) is 10.6 Å². The van der Waals surface area contributed by atoms with Gasteiger partial charge in [-0.15, -0.1) is 11.3 Å². The van der Waals surface area contributed by atoms with E-state index < -0.39 is 0 Å². The summed E-state index contributed by atoms with van der Waals surface area (Å²) in [4.78, 5) is 21.3. The second-order valence-electron chi connectivity index (χ2n) is 6.20. The minimum atomic E-state index is -0.255. The third kappa shape index (κ3) is 5.69. The summed E-state index contributed by atoms with van der Waals surface area (Å²) in [6, 6.07) is 3.92. The second kappa shape index (κ2) is 7.96. The fourth-order valence-corrected chi connectivity index (χ4v) is 2.58. The first-order valence-corrected chi connectivity index (χ1v) is 8.49. The van der Waals surface area contributed by atoms with Crippen molar-refractivity contribution in [3.05, 3.63) is 29.5 Å². The van der Waals surface area contributed by atoms with Crippen LogP contribution in [0.25, 0.3) is 10.8 Å². The van der Waals surface area contributed by atoms with Gasteiger partial charge in [0.15, 0.2) is 5.96 Å². The minimum absolute atomic E-state index is 0.0909. The van der Waals surface area contributed by atoms with Crippen LogP contribution in [0.1, 0.15) is 26.5 Å². The molecule has 0 saturated heterocycles. The Morgan fingerprint density at radius 3 is 2.79 bits per heavy atom. The molecule has 2 heterocycles. The number of guanidine groups is 1. The highest BCUT2D eigenvalue weighted by atomic mass is 32.1. The first kappa shape index (κ1) is 18.0. The lowest BCUT2D eigenvalue weighted by Gasteiger charge is -2.21. The normalized spacial score (nSPS) is 12.1. The van der Waals surface area contributed by atoms with Gasteiger partial charge in [-0.25, -0.2) is 4.98 Å². The molecule has 130 valence electrons. The first-order chi connectivity index (χ1) is 11.4. The Morgan fingerprint density at radius 1 is 1.38 bits per heavy atom. The Hall–Kier alpha value is -2.35. The molecule has 1 amide bonds. The van der Waals surface area contributed by atoms with Crippen LogP contribution < -0.4 is 16.0 Å². The number of carbonyl (C=O) groups is 1. The molecule has 0 atom stereocenters. The predicted molar refractivity (Wildman–Crippen MR) is 95.9 cm³/mol. The molecule has 3 N–H and O–H groups in total. The van der Waals surface area contributed by atoms with Crippen molar-refractivity contribution < 1.29 is 9.21 Å². The fourth-order valence-electron chi connectivity index (χ4n) is 1.92. The molecule has 0 radical (unpaired) electrons. The number of nitrogens with zero attached hydrogens (tertiary/aromatic N) is 2. The van der Waals surface area contributed by atoms with Crippen LogP contribution in [0.5, 0.6) is 0 Å². The highest BCUT2D eigenvalue weighted by Gasteiger charge is 2.14. The molecule has 8 heteroatoms. The number of thiophene rings is 1. The molecule has 0 aliphatic rings. The van der Waals surface area contributed by atoms with Crippen molar-refractivity contribution in [3.63, 3.8) is 0 Å². The van der Waals surface area contributed by atoms with Gasteiger partial charge in [0.1, 0.15) is 6.26 Å². The summed E-state index contributed by atoms with van der Waals surface area (Å²) >= 11 is 1.58. The molecule has 0 aliphatic heterocycles. The summed E-state index contributed by atoms with van der Waals surface area (Å²) in [6.07, 6.45) is 1.61. The van der Waals surface area contributed by atoms with E-state index in [1.165, 1.54) is 0 Å². The van der Waals surface area contributed by atoms with Crippen molar-refractivity contribution in [3.8, 4) is 10.8 Å². The van der Waals surface area contributed by atoms with Crippen LogP contribution in [-0.4, -0.2) is 36.0 Å². The van der Waals surface area contributed by atoms with Crippen LogP contribution in [-0.2, 0) is 11.3 Å². The molecule has 2 aromatic rings. The molecule has 0 aliphatic carbocycles. The van der Waals surface area contributed by atoms with E-state index in [1.54, 1.807) is 24.6 Å². The monoisotopic (exact) mass is 349 g/mol. The van der Waals surface area contributed by atoms with Crippen molar-refractivity contribution in [2.45, 2.75) is 32.9 Å². The van der Waals surface area contributed by atoms with Gasteiger partial charge in [0.05, 0.1) is 23.7 Å². The topological polar surface area (TPSA) is 91.5 Å². The van der Waals surface area contributed by atoms with Crippen LogP contribution in [0, 0.1) is 0 Å². The molecule has 0 fully saturated rings. The Kier molecular flexibility index (Phi) is 5.97. The number of nitrogens with one attached hydrogen (secondary N) is 3. The average molecular weight is 349 g/mol. The number of hydrogen-bond acceptors (Lipinski definition) is 5. The van der Waals surface area contributed by atoms with Crippen molar-refractivity contribution in [1.82, 2.24) is 20.9 Å². The van der Waals surface area contributed by atoms with Gasteiger partial charge in [0.2, 0.25) is 11.8 Å². The number of rotatable bonds is 5. The molecule has 24 heavy (non-hydrogen) atoms. The lowest BCUT2D eigenvalue weighted by Crippen LogP contribution is -2.48. The summed E-state index contributed by atoms with van der Waals surface area (Å²) in [5, 5.41) is 10.9.